The molecule has 1 aromatic rings. The number of rotatable bonds is 2. The number of benzene rings is 1. The summed E-state index contributed by atoms with van der Waals surface area (Å²) in [5.41, 5.74) is 1.92. The average molecular weight is 204 g/mol. The SMILES string of the molecule is COc1ccc([C@H]2C[C@@H]2C(C)(C)C)cc1. The van der Waals surface area contributed by atoms with Gasteiger partial charge in [0.05, 0.1) is 7.11 Å². The highest BCUT2D eigenvalue weighted by atomic mass is 16.5. The molecule has 1 aliphatic carbocycles. The molecule has 1 fully saturated rings. The van der Waals surface area contributed by atoms with Crippen molar-refractivity contribution in [2.24, 2.45) is 11.3 Å². The van der Waals surface area contributed by atoms with Gasteiger partial charge < -0.3 is 4.74 Å². The Morgan fingerprint density at radius 3 is 2.13 bits per heavy atom. The maximum Gasteiger partial charge on any atom is 0.118 e. The predicted octanol–water partition coefficient (Wildman–Crippen LogP) is 3.84. The van der Waals surface area contributed by atoms with Crippen molar-refractivity contribution in [3.8, 4) is 5.75 Å². The predicted molar refractivity (Wildman–Crippen MR) is 63.3 cm³/mol. The number of methoxy groups -OCH3 is 1. The van der Waals surface area contributed by atoms with Crippen LogP contribution in [0.3, 0.4) is 0 Å². The molecule has 1 aromatic carbocycles. The third-order valence-corrected chi connectivity index (χ3v) is 3.45. The summed E-state index contributed by atoms with van der Waals surface area (Å²) < 4.78 is 5.16. The summed E-state index contributed by atoms with van der Waals surface area (Å²) in [4.78, 5) is 0. The van der Waals surface area contributed by atoms with Crippen molar-refractivity contribution in [1.29, 1.82) is 0 Å². The molecule has 15 heavy (non-hydrogen) atoms. The van der Waals surface area contributed by atoms with Crippen molar-refractivity contribution < 1.29 is 4.74 Å². The number of ether oxygens (including phenoxy) is 1. The van der Waals surface area contributed by atoms with Crippen LogP contribution in [0.5, 0.6) is 5.75 Å². The molecule has 1 nitrogen and oxygen atoms in total. The van der Waals surface area contributed by atoms with Gasteiger partial charge in [0.25, 0.3) is 0 Å². The van der Waals surface area contributed by atoms with Crippen molar-refractivity contribution in [3.05, 3.63) is 29.8 Å². The molecule has 0 radical (unpaired) electrons. The zero-order valence-corrected chi connectivity index (χ0v) is 10.1. The van der Waals surface area contributed by atoms with Crippen molar-refractivity contribution in [3.63, 3.8) is 0 Å². The molecule has 2 atom stereocenters. The molecule has 82 valence electrons. The molecule has 0 amide bonds. The summed E-state index contributed by atoms with van der Waals surface area (Å²) in [6.07, 6.45) is 1.34. The van der Waals surface area contributed by atoms with Gasteiger partial charge in [-0.05, 0) is 41.4 Å². The Labute approximate surface area is 92.5 Å². The van der Waals surface area contributed by atoms with Gasteiger partial charge in [-0.1, -0.05) is 32.9 Å². The van der Waals surface area contributed by atoms with E-state index in [1.54, 1.807) is 7.11 Å². The van der Waals surface area contributed by atoms with Crippen LogP contribution in [0.15, 0.2) is 24.3 Å². The Morgan fingerprint density at radius 2 is 1.73 bits per heavy atom. The molecule has 1 aliphatic rings. The Hall–Kier alpha value is -0.980. The maximum atomic E-state index is 5.16. The third-order valence-electron chi connectivity index (χ3n) is 3.45. The van der Waals surface area contributed by atoms with Crippen LogP contribution in [0.4, 0.5) is 0 Å². The molecule has 0 unspecified atom stereocenters. The second-order valence-corrected chi connectivity index (χ2v) is 5.59. The summed E-state index contributed by atoms with van der Waals surface area (Å²) in [5.74, 6) is 2.58. The van der Waals surface area contributed by atoms with Crippen molar-refractivity contribution in [2.75, 3.05) is 7.11 Å². The largest absolute Gasteiger partial charge is 0.497 e. The molecule has 0 heterocycles. The molecule has 0 aromatic heterocycles. The van der Waals surface area contributed by atoms with E-state index in [9.17, 15) is 0 Å². The highest BCUT2D eigenvalue weighted by molar-refractivity contribution is 5.33. The molecule has 1 heteroatoms. The van der Waals surface area contributed by atoms with Crippen LogP contribution in [-0.4, -0.2) is 7.11 Å². The normalized spacial score (nSPS) is 25.1. The monoisotopic (exact) mass is 204 g/mol. The summed E-state index contributed by atoms with van der Waals surface area (Å²) >= 11 is 0. The van der Waals surface area contributed by atoms with Gasteiger partial charge in [-0.25, -0.2) is 0 Å². The lowest BCUT2D eigenvalue weighted by Crippen LogP contribution is -2.08. The first-order valence-corrected chi connectivity index (χ1v) is 5.66. The van der Waals surface area contributed by atoms with Crippen LogP contribution in [0.2, 0.25) is 0 Å². The topological polar surface area (TPSA) is 9.23 Å². The quantitative estimate of drug-likeness (QED) is 0.711. The maximum absolute atomic E-state index is 5.16. The molecule has 0 bridgehead atoms. The van der Waals surface area contributed by atoms with Crippen molar-refractivity contribution in [1.82, 2.24) is 0 Å². The summed E-state index contributed by atoms with van der Waals surface area (Å²) in [6.45, 7) is 7.00. The molecule has 2 rings (SSSR count). The molecule has 0 aliphatic heterocycles. The molecule has 0 N–H and O–H groups in total. The van der Waals surface area contributed by atoms with Crippen LogP contribution < -0.4 is 4.74 Å². The lowest BCUT2D eigenvalue weighted by Gasteiger charge is -2.18. The molecule has 0 saturated heterocycles. The zero-order chi connectivity index (χ0) is 11.1. The second-order valence-electron chi connectivity index (χ2n) is 5.59. The fourth-order valence-corrected chi connectivity index (χ4v) is 2.37. The number of hydrogen-bond donors (Lipinski definition) is 0. The summed E-state index contributed by atoms with van der Waals surface area (Å²) in [7, 11) is 1.71. The van der Waals surface area contributed by atoms with E-state index in [0.29, 0.717) is 5.41 Å². The smallest absolute Gasteiger partial charge is 0.118 e. The van der Waals surface area contributed by atoms with Crippen molar-refractivity contribution in [2.45, 2.75) is 33.1 Å². The van der Waals surface area contributed by atoms with Crippen LogP contribution in [0.25, 0.3) is 0 Å². The van der Waals surface area contributed by atoms with Crippen LogP contribution in [-0.2, 0) is 0 Å². The molecular weight excluding hydrogens is 184 g/mol. The van der Waals surface area contributed by atoms with Crippen LogP contribution >= 0.6 is 0 Å². The highest BCUT2D eigenvalue weighted by Crippen LogP contribution is 2.56. The van der Waals surface area contributed by atoms with E-state index in [-0.39, 0.29) is 0 Å². The minimum absolute atomic E-state index is 0.449. The fourth-order valence-electron chi connectivity index (χ4n) is 2.37. The zero-order valence-electron chi connectivity index (χ0n) is 10.1. The fraction of sp³-hybridized carbons (Fsp3) is 0.571. The molecule has 0 spiro atoms. The Kier molecular flexibility index (Phi) is 2.49. The van der Waals surface area contributed by atoms with E-state index in [0.717, 1.165) is 17.6 Å². The van der Waals surface area contributed by atoms with Gasteiger partial charge in [-0.15, -0.1) is 0 Å². The molecular formula is C14H20O. The third kappa shape index (κ3) is 2.17. The van der Waals surface area contributed by atoms with Gasteiger partial charge in [0.2, 0.25) is 0 Å². The van der Waals surface area contributed by atoms with Crippen molar-refractivity contribution >= 4 is 0 Å². The number of hydrogen-bond acceptors (Lipinski definition) is 1. The summed E-state index contributed by atoms with van der Waals surface area (Å²) in [5, 5.41) is 0. The minimum atomic E-state index is 0.449. The molecule has 1 saturated carbocycles. The first kappa shape index (κ1) is 10.5. The van der Waals surface area contributed by atoms with E-state index in [4.69, 9.17) is 4.74 Å². The van der Waals surface area contributed by atoms with Gasteiger partial charge in [0.15, 0.2) is 0 Å². The van der Waals surface area contributed by atoms with E-state index in [2.05, 4.69) is 45.0 Å². The van der Waals surface area contributed by atoms with E-state index in [1.807, 2.05) is 0 Å². The van der Waals surface area contributed by atoms with Gasteiger partial charge in [0, 0.05) is 0 Å². The average Bonchev–Trinajstić information content (AvgIpc) is 2.97. The van der Waals surface area contributed by atoms with Crippen LogP contribution in [0, 0.1) is 11.3 Å². The van der Waals surface area contributed by atoms with Gasteiger partial charge in [-0.3, -0.25) is 0 Å². The summed E-state index contributed by atoms with van der Waals surface area (Å²) in [6, 6.07) is 8.53. The second kappa shape index (κ2) is 3.55. The van der Waals surface area contributed by atoms with Gasteiger partial charge >= 0.3 is 0 Å². The Bertz CT molecular complexity index is 331. The standard InChI is InChI=1S/C14H20O/c1-14(2,3)13-9-12(13)10-5-7-11(15-4)8-6-10/h5-8,12-13H,9H2,1-4H3/t12-,13+/m1/s1. The first-order valence-electron chi connectivity index (χ1n) is 5.66. The van der Waals surface area contributed by atoms with Gasteiger partial charge in [-0.2, -0.15) is 0 Å². The first-order chi connectivity index (χ1) is 7.02. The van der Waals surface area contributed by atoms with E-state index in [1.165, 1.54) is 12.0 Å². The van der Waals surface area contributed by atoms with E-state index < -0.39 is 0 Å². The van der Waals surface area contributed by atoms with Crippen LogP contribution in [0.1, 0.15) is 38.7 Å². The Balaban J connectivity index is 2.07. The van der Waals surface area contributed by atoms with E-state index >= 15 is 0 Å². The Morgan fingerprint density at radius 1 is 1.13 bits per heavy atom. The highest BCUT2D eigenvalue weighted by Gasteiger charge is 2.45. The van der Waals surface area contributed by atoms with Gasteiger partial charge in [0.1, 0.15) is 5.75 Å². The lowest BCUT2D eigenvalue weighted by atomic mass is 9.88. The minimum Gasteiger partial charge on any atom is -0.497 e. The lowest BCUT2D eigenvalue weighted by molar-refractivity contribution is 0.343.